The van der Waals surface area contributed by atoms with Gasteiger partial charge in [0.2, 0.25) is 11.0 Å². The van der Waals surface area contributed by atoms with E-state index in [-0.39, 0.29) is 11.2 Å². The highest BCUT2D eigenvalue weighted by atomic mass is 32.2. The molecule has 2 N–H and O–H groups in total. The number of carbonyl (C=O) groups is 1. The van der Waals surface area contributed by atoms with Crippen LogP contribution in [0.3, 0.4) is 0 Å². The van der Waals surface area contributed by atoms with E-state index < -0.39 is 0 Å². The number of carbonyl (C=O) groups excluding carboxylic acids is 1. The van der Waals surface area contributed by atoms with Crippen LogP contribution < -0.4 is 15.4 Å². The van der Waals surface area contributed by atoms with Gasteiger partial charge in [-0.1, -0.05) is 29.2 Å². The zero-order chi connectivity index (χ0) is 19.8. The molecule has 2 heterocycles. The Labute approximate surface area is 176 Å². The zero-order valence-electron chi connectivity index (χ0n) is 15.7. The molecule has 3 rings (SSSR count). The fourth-order valence-electron chi connectivity index (χ4n) is 2.33. The first-order chi connectivity index (χ1) is 13.6. The summed E-state index contributed by atoms with van der Waals surface area (Å²) in [5.41, 5.74) is 0.745. The molecule has 28 heavy (non-hydrogen) atoms. The minimum absolute atomic E-state index is 0.0726. The Balaban J connectivity index is 1.45. The van der Waals surface area contributed by atoms with Crippen LogP contribution in [0, 0.1) is 0 Å². The van der Waals surface area contributed by atoms with E-state index in [0.29, 0.717) is 6.61 Å². The summed E-state index contributed by atoms with van der Waals surface area (Å²) in [5.74, 6) is 0.715. The summed E-state index contributed by atoms with van der Waals surface area (Å²) < 4.78 is 6.18. The molecule has 6 nitrogen and oxygen atoms in total. The lowest BCUT2D eigenvalue weighted by Gasteiger charge is -2.11. The molecule has 3 aromatic rings. The van der Waals surface area contributed by atoms with Crippen LogP contribution in [0.25, 0.3) is 0 Å². The molecule has 1 aromatic carbocycles. The van der Waals surface area contributed by atoms with Gasteiger partial charge in [0.1, 0.15) is 5.75 Å². The van der Waals surface area contributed by atoms with E-state index >= 15 is 0 Å². The van der Waals surface area contributed by atoms with Gasteiger partial charge in [-0.2, -0.15) is 0 Å². The second-order valence-corrected chi connectivity index (χ2v) is 9.43. The van der Waals surface area contributed by atoms with Gasteiger partial charge < -0.3 is 15.4 Å². The SMILES string of the molecule is CCOc1ccc(NC(=O)C(C)Sc2nnc(NCCc3cccs3)s2)cc1. The minimum Gasteiger partial charge on any atom is -0.494 e. The van der Waals surface area contributed by atoms with Crippen molar-refractivity contribution in [1.82, 2.24) is 10.2 Å². The number of hydrogen-bond acceptors (Lipinski definition) is 8. The monoisotopic (exact) mass is 434 g/mol. The predicted octanol–water partition coefficient (Wildman–Crippen LogP) is 4.77. The Morgan fingerprint density at radius 3 is 2.79 bits per heavy atom. The predicted molar refractivity (Wildman–Crippen MR) is 118 cm³/mol. The summed E-state index contributed by atoms with van der Waals surface area (Å²) in [7, 11) is 0. The lowest BCUT2D eigenvalue weighted by Crippen LogP contribution is -2.22. The largest absolute Gasteiger partial charge is 0.494 e. The summed E-state index contributed by atoms with van der Waals surface area (Å²) in [5, 5.41) is 17.1. The summed E-state index contributed by atoms with van der Waals surface area (Å²) >= 11 is 4.62. The fourth-order valence-corrected chi connectivity index (χ4v) is 4.96. The van der Waals surface area contributed by atoms with E-state index in [2.05, 4.69) is 38.3 Å². The van der Waals surface area contributed by atoms with Gasteiger partial charge in [0.05, 0.1) is 11.9 Å². The van der Waals surface area contributed by atoms with Gasteiger partial charge in [0.15, 0.2) is 4.34 Å². The number of nitrogens with one attached hydrogen (secondary N) is 2. The third-order valence-corrected chi connectivity index (χ3v) is 6.72. The van der Waals surface area contributed by atoms with Crippen LogP contribution in [0.5, 0.6) is 5.75 Å². The molecular weight excluding hydrogens is 412 g/mol. The highest BCUT2D eigenvalue weighted by Crippen LogP contribution is 2.29. The number of nitrogens with zero attached hydrogens (tertiary/aromatic N) is 2. The number of rotatable bonds is 10. The van der Waals surface area contributed by atoms with Crippen molar-refractivity contribution in [1.29, 1.82) is 0 Å². The second-order valence-electron chi connectivity index (χ2n) is 5.84. The smallest absolute Gasteiger partial charge is 0.237 e. The zero-order valence-corrected chi connectivity index (χ0v) is 18.1. The topological polar surface area (TPSA) is 76.1 Å². The molecule has 2 aromatic heterocycles. The van der Waals surface area contributed by atoms with Crippen molar-refractivity contribution in [2.45, 2.75) is 29.9 Å². The van der Waals surface area contributed by atoms with Crippen molar-refractivity contribution in [2.24, 2.45) is 0 Å². The third kappa shape index (κ3) is 6.22. The summed E-state index contributed by atoms with van der Waals surface area (Å²) in [6.07, 6.45) is 0.959. The Kier molecular flexibility index (Phi) is 7.70. The van der Waals surface area contributed by atoms with E-state index in [0.717, 1.165) is 33.9 Å². The Bertz CT molecular complexity index is 866. The number of anilines is 2. The van der Waals surface area contributed by atoms with E-state index in [1.54, 1.807) is 11.3 Å². The molecule has 9 heteroatoms. The molecule has 0 radical (unpaired) electrons. The molecule has 0 saturated carbocycles. The highest BCUT2D eigenvalue weighted by Gasteiger charge is 2.17. The van der Waals surface area contributed by atoms with E-state index in [4.69, 9.17) is 4.74 Å². The lowest BCUT2D eigenvalue weighted by atomic mass is 10.3. The summed E-state index contributed by atoms with van der Waals surface area (Å²) in [6, 6.07) is 11.5. The molecule has 0 aliphatic rings. The molecule has 0 saturated heterocycles. The first-order valence-electron chi connectivity index (χ1n) is 8.94. The van der Waals surface area contributed by atoms with Crippen molar-refractivity contribution in [3.63, 3.8) is 0 Å². The minimum atomic E-state index is -0.279. The highest BCUT2D eigenvalue weighted by molar-refractivity contribution is 8.02. The van der Waals surface area contributed by atoms with Crippen LogP contribution in [0.15, 0.2) is 46.1 Å². The third-order valence-electron chi connectivity index (χ3n) is 3.71. The van der Waals surface area contributed by atoms with Crippen LogP contribution in [0.2, 0.25) is 0 Å². The van der Waals surface area contributed by atoms with E-state index in [1.165, 1.54) is 28.0 Å². The fraction of sp³-hybridized carbons (Fsp3) is 0.316. The summed E-state index contributed by atoms with van der Waals surface area (Å²) in [4.78, 5) is 13.8. The van der Waals surface area contributed by atoms with Gasteiger partial charge >= 0.3 is 0 Å². The van der Waals surface area contributed by atoms with Gasteiger partial charge in [0, 0.05) is 17.1 Å². The quantitative estimate of drug-likeness (QED) is 0.448. The molecular formula is C19H22N4O2S3. The molecule has 1 amide bonds. The van der Waals surface area contributed by atoms with E-state index in [1.807, 2.05) is 38.1 Å². The lowest BCUT2D eigenvalue weighted by molar-refractivity contribution is -0.115. The van der Waals surface area contributed by atoms with Crippen molar-refractivity contribution in [3.8, 4) is 5.75 Å². The molecule has 0 bridgehead atoms. The van der Waals surface area contributed by atoms with Gasteiger partial charge in [-0.15, -0.1) is 21.5 Å². The number of ether oxygens (including phenoxy) is 1. The van der Waals surface area contributed by atoms with Crippen molar-refractivity contribution in [3.05, 3.63) is 46.7 Å². The Morgan fingerprint density at radius 1 is 1.25 bits per heavy atom. The van der Waals surface area contributed by atoms with Gasteiger partial charge in [-0.25, -0.2) is 0 Å². The molecule has 0 aliphatic heterocycles. The maximum atomic E-state index is 12.4. The van der Waals surface area contributed by atoms with Crippen LogP contribution in [-0.2, 0) is 11.2 Å². The van der Waals surface area contributed by atoms with Gasteiger partial charge in [-0.05, 0) is 56.0 Å². The van der Waals surface area contributed by atoms with E-state index in [9.17, 15) is 4.79 Å². The molecule has 0 fully saturated rings. The second kappa shape index (κ2) is 10.4. The maximum Gasteiger partial charge on any atom is 0.237 e. The van der Waals surface area contributed by atoms with Crippen LogP contribution in [0.1, 0.15) is 18.7 Å². The average molecular weight is 435 g/mol. The number of aromatic nitrogens is 2. The van der Waals surface area contributed by atoms with Gasteiger partial charge in [-0.3, -0.25) is 4.79 Å². The average Bonchev–Trinajstić information content (AvgIpc) is 3.36. The van der Waals surface area contributed by atoms with Crippen molar-refractivity contribution < 1.29 is 9.53 Å². The molecule has 0 spiro atoms. The number of hydrogen-bond donors (Lipinski definition) is 2. The molecule has 1 atom stereocenters. The number of benzene rings is 1. The Hall–Kier alpha value is -2.10. The first kappa shape index (κ1) is 20.6. The Morgan fingerprint density at radius 2 is 2.07 bits per heavy atom. The van der Waals surface area contributed by atoms with Crippen LogP contribution >= 0.6 is 34.4 Å². The first-order valence-corrected chi connectivity index (χ1v) is 11.5. The number of amides is 1. The summed E-state index contributed by atoms with van der Waals surface area (Å²) in [6.45, 7) is 5.23. The molecule has 0 aliphatic carbocycles. The maximum absolute atomic E-state index is 12.4. The standard InChI is InChI=1S/C19H22N4O2S3/c1-3-25-15-8-6-14(7-9-15)21-17(24)13(2)27-19-23-22-18(28-19)20-11-10-16-5-4-12-26-16/h4-9,12-13H,3,10-11H2,1-2H3,(H,20,22)(H,21,24). The number of thiophene rings is 1. The number of thioether (sulfide) groups is 1. The molecule has 1 unspecified atom stereocenters. The van der Waals surface area contributed by atoms with Crippen LogP contribution in [0.4, 0.5) is 10.8 Å². The van der Waals surface area contributed by atoms with Crippen LogP contribution in [-0.4, -0.2) is 34.5 Å². The normalized spacial score (nSPS) is 11.8. The van der Waals surface area contributed by atoms with Crippen molar-refractivity contribution >= 4 is 51.2 Å². The molecule has 148 valence electrons. The van der Waals surface area contributed by atoms with Gasteiger partial charge in [0.25, 0.3) is 0 Å². The van der Waals surface area contributed by atoms with Crippen molar-refractivity contribution in [2.75, 3.05) is 23.8 Å².